The normalized spacial score (nSPS) is 14.6. The van der Waals surface area contributed by atoms with Gasteiger partial charge in [0, 0.05) is 24.5 Å². The van der Waals surface area contributed by atoms with E-state index in [0.717, 1.165) is 28.2 Å². The summed E-state index contributed by atoms with van der Waals surface area (Å²) in [6, 6.07) is 14.3. The van der Waals surface area contributed by atoms with Gasteiger partial charge in [-0.25, -0.2) is 10.0 Å². The van der Waals surface area contributed by atoms with Crippen LogP contribution in [0.1, 0.15) is 37.5 Å². The highest BCUT2D eigenvalue weighted by Crippen LogP contribution is 2.39. The van der Waals surface area contributed by atoms with Gasteiger partial charge in [0.2, 0.25) is 0 Å². The number of amides is 2. The quantitative estimate of drug-likeness (QED) is 0.618. The fourth-order valence-electron chi connectivity index (χ4n) is 3.45. The van der Waals surface area contributed by atoms with Crippen LogP contribution in [-0.2, 0) is 6.18 Å². The first kappa shape index (κ1) is 21.1. The molecule has 0 saturated heterocycles. The van der Waals surface area contributed by atoms with E-state index in [1.807, 2.05) is 0 Å². The molecule has 3 aromatic rings. The summed E-state index contributed by atoms with van der Waals surface area (Å²) >= 11 is 0. The molecule has 2 heterocycles. The van der Waals surface area contributed by atoms with Gasteiger partial charge in [-0.1, -0.05) is 18.2 Å². The minimum atomic E-state index is -4.59. The Morgan fingerprint density at radius 2 is 1.84 bits per heavy atom. The molecule has 4 rings (SSSR count). The Morgan fingerprint density at radius 1 is 1.06 bits per heavy atom. The van der Waals surface area contributed by atoms with Crippen LogP contribution in [0.3, 0.4) is 0 Å². The monoisotopic (exact) mass is 438 g/mol. The number of pyridine rings is 1. The number of carbonyl (C=O) groups excluding carboxylic acids is 2. The van der Waals surface area contributed by atoms with Crippen LogP contribution in [0.2, 0.25) is 0 Å². The molecule has 1 aliphatic rings. The number of nitrogen functional groups attached to an aromatic ring is 1. The number of carbonyl (C=O) groups is 2. The summed E-state index contributed by atoms with van der Waals surface area (Å²) in [7, 11) is 1.36. The molecule has 1 aliphatic heterocycles. The average molecular weight is 438 g/mol. The third-order valence-corrected chi connectivity index (χ3v) is 4.97. The molecule has 1 aromatic heterocycles. The second kappa shape index (κ2) is 7.84. The predicted octanol–water partition coefficient (Wildman–Crippen LogP) is 4.32. The maximum absolute atomic E-state index is 13.4. The molecule has 0 radical (unpaired) electrons. The number of hydrogen-bond donors (Lipinski definition) is 1. The van der Waals surface area contributed by atoms with Crippen LogP contribution < -0.4 is 5.73 Å². The minimum absolute atomic E-state index is 0.0498. The molecule has 0 unspecified atom stereocenters. The van der Waals surface area contributed by atoms with Crippen molar-refractivity contribution in [2.45, 2.75) is 6.18 Å². The average Bonchev–Trinajstić information content (AvgIpc) is 3.04. The maximum Gasteiger partial charge on any atom is 0.416 e. The molecular weight excluding hydrogens is 421 g/mol. The Hall–Kier alpha value is -4.14. The number of nitrogens with zero attached hydrogens (tertiary/aromatic N) is 3. The summed E-state index contributed by atoms with van der Waals surface area (Å²) < 4.78 is 40.1. The van der Waals surface area contributed by atoms with Gasteiger partial charge < -0.3 is 5.73 Å². The zero-order valence-electron chi connectivity index (χ0n) is 16.8. The van der Waals surface area contributed by atoms with Gasteiger partial charge in [-0.05, 0) is 54.1 Å². The number of hydrazine groups is 1. The smallest absolute Gasteiger partial charge is 0.399 e. The van der Waals surface area contributed by atoms with E-state index in [-0.39, 0.29) is 22.5 Å². The lowest BCUT2D eigenvalue weighted by Crippen LogP contribution is -2.43. The first-order chi connectivity index (χ1) is 15.2. The molecule has 32 heavy (non-hydrogen) atoms. The first-order valence-corrected chi connectivity index (χ1v) is 9.49. The molecule has 0 bridgehead atoms. The van der Waals surface area contributed by atoms with Gasteiger partial charge in [0.1, 0.15) is 5.69 Å². The maximum atomic E-state index is 13.4. The van der Waals surface area contributed by atoms with Gasteiger partial charge in [0.25, 0.3) is 11.8 Å². The highest BCUT2D eigenvalue weighted by Gasteiger charge is 2.40. The minimum Gasteiger partial charge on any atom is -0.399 e. The number of aromatic nitrogens is 1. The Bertz CT molecular complexity index is 1240. The number of halogens is 3. The number of fused-ring (bicyclic) bond motifs is 1. The van der Waals surface area contributed by atoms with E-state index >= 15 is 0 Å². The fraction of sp³-hybridized carbons (Fsp3) is 0.0870. The van der Waals surface area contributed by atoms with Crippen molar-refractivity contribution in [2.24, 2.45) is 0 Å². The predicted molar refractivity (Wildman–Crippen MR) is 113 cm³/mol. The summed E-state index contributed by atoms with van der Waals surface area (Å²) in [6.45, 7) is 0. The van der Waals surface area contributed by atoms with Gasteiger partial charge in [-0.3, -0.25) is 14.6 Å². The Morgan fingerprint density at radius 3 is 2.50 bits per heavy atom. The van der Waals surface area contributed by atoms with Crippen molar-refractivity contribution >= 4 is 29.3 Å². The second-order valence-corrected chi connectivity index (χ2v) is 7.12. The molecule has 0 aliphatic carbocycles. The summed E-state index contributed by atoms with van der Waals surface area (Å²) in [5.74, 6) is -1.23. The van der Waals surface area contributed by atoms with Crippen molar-refractivity contribution in [2.75, 3.05) is 12.8 Å². The zero-order chi connectivity index (χ0) is 23.0. The summed E-state index contributed by atoms with van der Waals surface area (Å²) in [5.41, 5.74) is 6.24. The van der Waals surface area contributed by atoms with E-state index in [1.54, 1.807) is 36.4 Å². The fourth-order valence-corrected chi connectivity index (χ4v) is 3.45. The molecule has 9 heteroatoms. The van der Waals surface area contributed by atoms with Crippen molar-refractivity contribution in [3.8, 4) is 0 Å². The summed E-state index contributed by atoms with van der Waals surface area (Å²) in [5, 5.41) is 2.08. The van der Waals surface area contributed by atoms with E-state index in [4.69, 9.17) is 5.73 Å². The summed E-state index contributed by atoms with van der Waals surface area (Å²) in [6.07, 6.45) is -1.65. The van der Waals surface area contributed by atoms with Crippen molar-refractivity contribution in [3.63, 3.8) is 0 Å². The largest absolute Gasteiger partial charge is 0.416 e. The number of rotatable bonds is 3. The Balaban J connectivity index is 1.86. The molecule has 0 fully saturated rings. The van der Waals surface area contributed by atoms with Gasteiger partial charge in [0.05, 0.1) is 16.8 Å². The van der Waals surface area contributed by atoms with Crippen LogP contribution in [0.4, 0.5) is 18.9 Å². The third-order valence-electron chi connectivity index (χ3n) is 4.97. The van der Waals surface area contributed by atoms with Crippen LogP contribution in [-0.4, -0.2) is 33.9 Å². The van der Waals surface area contributed by atoms with E-state index in [1.165, 1.54) is 25.4 Å². The SMILES string of the molecule is CN(C(=O)c1ccccn1)N1C(=O)c2ccc(C(F)(F)F)cc2/C1=C/c1cccc(N)c1. The van der Waals surface area contributed by atoms with Crippen molar-refractivity contribution < 1.29 is 22.8 Å². The highest BCUT2D eigenvalue weighted by molar-refractivity contribution is 6.13. The lowest BCUT2D eigenvalue weighted by molar-refractivity contribution is -0.137. The number of anilines is 1. The van der Waals surface area contributed by atoms with Crippen molar-refractivity contribution in [1.29, 1.82) is 0 Å². The standard InChI is InChI=1S/C23H17F3N4O2/c1-29(22(32)19-7-2-3-10-28-19)30-20(12-14-5-4-6-16(27)11-14)18-13-15(23(24,25)26)8-9-17(18)21(30)31/h2-13H,27H2,1H3/b20-12-. The van der Waals surface area contributed by atoms with Crippen LogP contribution in [0.15, 0.2) is 66.9 Å². The van der Waals surface area contributed by atoms with Crippen LogP contribution in [0.25, 0.3) is 11.8 Å². The molecule has 162 valence electrons. The molecule has 0 spiro atoms. The molecule has 6 nitrogen and oxygen atoms in total. The second-order valence-electron chi connectivity index (χ2n) is 7.12. The highest BCUT2D eigenvalue weighted by atomic mass is 19.4. The van der Waals surface area contributed by atoms with E-state index < -0.39 is 23.6 Å². The Labute approximate surface area is 181 Å². The molecular formula is C23H17F3N4O2. The molecule has 0 atom stereocenters. The topological polar surface area (TPSA) is 79.5 Å². The van der Waals surface area contributed by atoms with Gasteiger partial charge in [0.15, 0.2) is 0 Å². The molecule has 0 saturated carbocycles. The number of hydrogen-bond acceptors (Lipinski definition) is 4. The molecule has 2 amide bonds. The van der Waals surface area contributed by atoms with Gasteiger partial charge in [-0.2, -0.15) is 13.2 Å². The van der Waals surface area contributed by atoms with E-state index in [2.05, 4.69) is 4.98 Å². The van der Waals surface area contributed by atoms with Crippen molar-refractivity contribution in [1.82, 2.24) is 15.0 Å². The number of nitrogens with two attached hydrogens (primary N) is 1. The number of alkyl halides is 3. The van der Waals surface area contributed by atoms with E-state index in [9.17, 15) is 22.8 Å². The Kier molecular flexibility index (Phi) is 5.17. The molecule has 2 N–H and O–H groups in total. The number of benzene rings is 2. The van der Waals surface area contributed by atoms with Crippen molar-refractivity contribution in [3.05, 3.63) is 94.8 Å². The third kappa shape index (κ3) is 3.80. The van der Waals surface area contributed by atoms with Gasteiger partial charge in [-0.15, -0.1) is 0 Å². The zero-order valence-corrected chi connectivity index (χ0v) is 16.8. The van der Waals surface area contributed by atoms with Crippen LogP contribution in [0, 0.1) is 0 Å². The summed E-state index contributed by atoms with van der Waals surface area (Å²) in [4.78, 5) is 30.1. The van der Waals surface area contributed by atoms with Crippen LogP contribution >= 0.6 is 0 Å². The van der Waals surface area contributed by atoms with Gasteiger partial charge >= 0.3 is 6.18 Å². The first-order valence-electron chi connectivity index (χ1n) is 9.49. The lowest BCUT2D eigenvalue weighted by Gasteiger charge is -2.29. The van der Waals surface area contributed by atoms with E-state index in [0.29, 0.717) is 11.3 Å². The van der Waals surface area contributed by atoms with Crippen LogP contribution in [0.5, 0.6) is 0 Å². The lowest BCUT2D eigenvalue weighted by atomic mass is 10.0. The molecule has 2 aromatic carbocycles.